The number of rotatable bonds is 5. The Balaban J connectivity index is 1.81. The van der Waals surface area contributed by atoms with E-state index in [0.717, 1.165) is 16.8 Å². The van der Waals surface area contributed by atoms with Crippen LogP contribution in [0.1, 0.15) is 28.9 Å². The largest absolute Gasteiger partial charge is 0.497 e. The number of methoxy groups -OCH3 is 1. The van der Waals surface area contributed by atoms with Crippen LogP contribution in [0.2, 0.25) is 0 Å². The number of carboxylic acids is 1. The molecule has 3 aromatic rings. The smallest absolute Gasteiger partial charge is 0.335 e. The molecular formula is C17H17N3O3. The van der Waals surface area contributed by atoms with E-state index >= 15 is 0 Å². The van der Waals surface area contributed by atoms with Crippen LogP contribution >= 0.6 is 0 Å². The van der Waals surface area contributed by atoms with Gasteiger partial charge in [-0.15, -0.1) is 0 Å². The predicted molar refractivity (Wildman–Crippen MR) is 88.1 cm³/mol. The lowest BCUT2D eigenvalue weighted by molar-refractivity contribution is 0.0697. The number of carbonyl (C=O) groups is 1. The van der Waals surface area contributed by atoms with Crippen molar-refractivity contribution in [1.82, 2.24) is 9.97 Å². The number of hydrogen-bond donors (Lipinski definition) is 3. The fraction of sp³-hybridized carbons (Fsp3) is 0.176. The zero-order valence-corrected chi connectivity index (χ0v) is 12.8. The molecule has 0 saturated carbocycles. The minimum absolute atomic E-state index is 0.0420. The van der Waals surface area contributed by atoms with Gasteiger partial charge in [-0.3, -0.25) is 0 Å². The lowest BCUT2D eigenvalue weighted by atomic mass is 10.1. The van der Waals surface area contributed by atoms with Gasteiger partial charge in [-0.25, -0.2) is 9.78 Å². The van der Waals surface area contributed by atoms with Gasteiger partial charge in [-0.2, -0.15) is 0 Å². The van der Waals surface area contributed by atoms with E-state index in [9.17, 15) is 4.79 Å². The van der Waals surface area contributed by atoms with Crippen molar-refractivity contribution in [3.8, 4) is 5.75 Å². The third-order valence-electron chi connectivity index (χ3n) is 3.70. The van der Waals surface area contributed by atoms with Crippen LogP contribution < -0.4 is 10.1 Å². The van der Waals surface area contributed by atoms with Crippen molar-refractivity contribution in [3.05, 3.63) is 53.6 Å². The summed E-state index contributed by atoms with van der Waals surface area (Å²) < 4.78 is 5.15. The topological polar surface area (TPSA) is 87.2 Å². The monoisotopic (exact) mass is 311 g/mol. The molecule has 0 aliphatic heterocycles. The Hall–Kier alpha value is -3.02. The van der Waals surface area contributed by atoms with Crippen molar-refractivity contribution in [2.24, 2.45) is 0 Å². The molecule has 118 valence electrons. The van der Waals surface area contributed by atoms with Gasteiger partial charge in [0.15, 0.2) is 0 Å². The maximum absolute atomic E-state index is 11.0. The van der Waals surface area contributed by atoms with Crippen LogP contribution in [-0.4, -0.2) is 28.2 Å². The molecule has 0 spiro atoms. The summed E-state index contributed by atoms with van der Waals surface area (Å²) in [5.74, 6) is 0.458. The summed E-state index contributed by atoms with van der Waals surface area (Å²) in [6.45, 7) is 2.03. The number of nitrogens with zero attached hydrogens (tertiary/aromatic N) is 1. The molecule has 3 rings (SSSR count). The Kier molecular flexibility index (Phi) is 3.89. The lowest BCUT2D eigenvalue weighted by Crippen LogP contribution is -2.07. The molecule has 0 fully saturated rings. The Morgan fingerprint density at radius 1 is 1.26 bits per heavy atom. The van der Waals surface area contributed by atoms with Gasteiger partial charge >= 0.3 is 5.97 Å². The van der Waals surface area contributed by atoms with Crippen LogP contribution in [0.4, 0.5) is 5.95 Å². The van der Waals surface area contributed by atoms with Crippen LogP contribution in [0.3, 0.4) is 0 Å². The molecule has 0 saturated heterocycles. The second-order valence-electron chi connectivity index (χ2n) is 5.26. The molecule has 23 heavy (non-hydrogen) atoms. The second kappa shape index (κ2) is 6.00. The van der Waals surface area contributed by atoms with Crippen LogP contribution in [0.15, 0.2) is 42.5 Å². The SMILES string of the molecule is COc1ccc(C(C)Nc2nc3ccc(C(=O)O)cc3[nH]2)cc1. The first-order chi connectivity index (χ1) is 11.1. The first kappa shape index (κ1) is 14.9. The number of imidazole rings is 1. The van der Waals surface area contributed by atoms with Crippen LogP contribution in [0.5, 0.6) is 5.75 Å². The maximum Gasteiger partial charge on any atom is 0.335 e. The summed E-state index contributed by atoms with van der Waals surface area (Å²) in [4.78, 5) is 18.5. The van der Waals surface area contributed by atoms with E-state index in [1.54, 1.807) is 25.3 Å². The summed E-state index contributed by atoms with van der Waals surface area (Å²) in [5, 5.41) is 12.3. The van der Waals surface area contributed by atoms with E-state index in [2.05, 4.69) is 15.3 Å². The molecule has 3 N–H and O–H groups in total. The zero-order valence-electron chi connectivity index (χ0n) is 12.8. The molecular weight excluding hydrogens is 294 g/mol. The van der Waals surface area contributed by atoms with Crippen molar-refractivity contribution in [2.75, 3.05) is 12.4 Å². The number of ether oxygens (including phenoxy) is 1. The molecule has 6 heteroatoms. The Labute approximate surface area is 133 Å². The zero-order chi connectivity index (χ0) is 16.4. The summed E-state index contributed by atoms with van der Waals surface area (Å²) in [5.41, 5.74) is 2.74. The highest BCUT2D eigenvalue weighted by atomic mass is 16.5. The van der Waals surface area contributed by atoms with Gasteiger partial charge in [-0.1, -0.05) is 12.1 Å². The number of benzene rings is 2. The normalized spacial score (nSPS) is 12.1. The number of H-pyrrole nitrogens is 1. The third kappa shape index (κ3) is 3.11. The van der Waals surface area contributed by atoms with Gasteiger partial charge in [0.05, 0.1) is 29.7 Å². The van der Waals surface area contributed by atoms with E-state index in [1.807, 2.05) is 31.2 Å². The van der Waals surface area contributed by atoms with Gasteiger partial charge in [0.25, 0.3) is 0 Å². The maximum atomic E-state index is 11.0. The number of carboxylic acid groups (broad SMARTS) is 1. The van der Waals surface area contributed by atoms with Gasteiger partial charge in [0.1, 0.15) is 5.75 Å². The molecule has 1 unspecified atom stereocenters. The van der Waals surface area contributed by atoms with E-state index < -0.39 is 5.97 Å². The number of anilines is 1. The molecule has 1 heterocycles. The van der Waals surface area contributed by atoms with Crippen LogP contribution in [0, 0.1) is 0 Å². The fourth-order valence-corrected chi connectivity index (χ4v) is 2.39. The minimum Gasteiger partial charge on any atom is -0.497 e. The molecule has 0 bridgehead atoms. The third-order valence-corrected chi connectivity index (χ3v) is 3.70. The van der Waals surface area contributed by atoms with Crippen molar-refractivity contribution >= 4 is 23.0 Å². The van der Waals surface area contributed by atoms with Crippen molar-refractivity contribution in [1.29, 1.82) is 0 Å². The number of hydrogen-bond acceptors (Lipinski definition) is 4. The highest BCUT2D eigenvalue weighted by molar-refractivity contribution is 5.92. The number of aromatic amines is 1. The first-order valence-electron chi connectivity index (χ1n) is 7.20. The molecule has 1 atom stereocenters. The minimum atomic E-state index is -0.956. The van der Waals surface area contributed by atoms with Gasteiger partial charge in [0.2, 0.25) is 5.95 Å². The molecule has 6 nitrogen and oxygen atoms in total. The molecule has 1 aromatic heterocycles. The molecule has 0 aliphatic rings. The Morgan fingerprint density at radius 2 is 2.00 bits per heavy atom. The van der Waals surface area contributed by atoms with Gasteiger partial charge < -0.3 is 20.1 Å². The summed E-state index contributed by atoms with van der Waals surface area (Å²) >= 11 is 0. The molecule has 0 amide bonds. The van der Waals surface area contributed by atoms with Crippen molar-refractivity contribution in [2.45, 2.75) is 13.0 Å². The quantitative estimate of drug-likeness (QED) is 0.672. The first-order valence-corrected chi connectivity index (χ1v) is 7.20. The van der Waals surface area contributed by atoms with E-state index in [-0.39, 0.29) is 11.6 Å². The number of fused-ring (bicyclic) bond motifs is 1. The van der Waals surface area contributed by atoms with E-state index in [4.69, 9.17) is 9.84 Å². The Morgan fingerprint density at radius 3 is 2.65 bits per heavy atom. The highest BCUT2D eigenvalue weighted by Crippen LogP contribution is 2.22. The van der Waals surface area contributed by atoms with Gasteiger partial charge in [-0.05, 0) is 42.8 Å². The van der Waals surface area contributed by atoms with E-state index in [1.165, 1.54) is 0 Å². The molecule has 0 radical (unpaired) electrons. The Bertz CT molecular complexity index is 840. The van der Waals surface area contributed by atoms with Crippen LogP contribution in [-0.2, 0) is 0 Å². The standard InChI is InChI=1S/C17H17N3O3/c1-10(11-3-6-13(23-2)7-4-11)18-17-19-14-8-5-12(16(21)22)9-15(14)20-17/h3-10H,1-2H3,(H,21,22)(H2,18,19,20). The number of aromatic nitrogens is 2. The lowest BCUT2D eigenvalue weighted by Gasteiger charge is -2.13. The van der Waals surface area contributed by atoms with Gasteiger partial charge in [0, 0.05) is 0 Å². The van der Waals surface area contributed by atoms with Crippen molar-refractivity contribution in [3.63, 3.8) is 0 Å². The van der Waals surface area contributed by atoms with Crippen molar-refractivity contribution < 1.29 is 14.6 Å². The fourth-order valence-electron chi connectivity index (χ4n) is 2.39. The predicted octanol–water partition coefficient (Wildman–Crippen LogP) is 3.44. The highest BCUT2D eigenvalue weighted by Gasteiger charge is 2.10. The average molecular weight is 311 g/mol. The second-order valence-corrected chi connectivity index (χ2v) is 5.26. The van der Waals surface area contributed by atoms with Crippen LogP contribution in [0.25, 0.3) is 11.0 Å². The summed E-state index contributed by atoms with van der Waals surface area (Å²) in [7, 11) is 1.64. The number of aromatic carboxylic acids is 1. The molecule has 0 aliphatic carbocycles. The molecule has 2 aromatic carbocycles. The summed E-state index contributed by atoms with van der Waals surface area (Å²) in [6, 6.07) is 12.6. The van der Waals surface area contributed by atoms with E-state index in [0.29, 0.717) is 11.5 Å². The average Bonchev–Trinajstić information content (AvgIpc) is 2.96. The summed E-state index contributed by atoms with van der Waals surface area (Å²) in [6.07, 6.45) is 0. The number of nitrogens with one attached hydrogen (secondary N) is 2.